The fraction of sp³-hybridized carbons (Fsp3) is 0. The van der Waals surface area contributed by atoms with Crippen molar-refractivity contribution in [2.24, 2.45) is 0 Å². The molecule has 0 unspecified atom stereocenters. The first-order valence-electron chi connectivity index (χ1n) is 6.43. The monoisotopic (exact) mass is 334 g/mol. The number of hydrogen-bond donors (Lipinski definition) is 1. The predicted octanol–water partition coefficient (Wildman–Crippen LogP) is 2.11. The van der Waals surface area contributed by atoms with E-state index in [-0.39, 0.29) is 5.75 Å². The fourth-order valence-electron chi connectivity index (χ4n) is 1.97. The predicted molar refractivity (Wildman–Crippen MR) is 81.9 cm³/mol. The van der Waals surface area contributed by atoms with Crippen molar-refractivity contribution in [1.82, 2.24) is 15.0 Å². The lowest BCUT2D eigenvalue weighted by atomic mass is 10.1. The Kier molecular flexibility index (Phi) is 3.70. The van der Waals surface area contributed by atoms with Crippen LogP contribution >= 0.6 is 0 Å². The molecule has 0 radical (unpaired) electrons. The summed E-state index contributed by atoms with van der Waals surface area (Å²) in [6, 6.07) is 12.9. The maximum Gasteiger partial charge on any atom is 0.488 e. The number of nitrogens with zero attached hydrogens (tertiary/aromatic N) is 3. The van der Waals surface area contributed by atoms with Gasteiger partial charge in [0.25, 0.3) is 0 Å². The van der Waals surface area contributed by atoms with Crippen molar-refractivity contribution in [3.63, 3.8) is 0 Å². The zero-order valence-corrected chi connectivity index (χ0v) is 12.4. The van der Waals surface area contributed by atoms with Gasteiger partial charge in [0.05, 0.1) is 11.9 Å². The lowest BCUT2D eigenvalue weighted by molar-refractivity contribution is 0.440. The van der Waals surface area contributed by atoms with E-state index >= 15 is 0 Å². The normalized spacial score (nSPS) is 11.3. The number of halogens is 1. The van der Waals surface area contributed by atoms with Crippen molar-refractivity contribution >= 4 is 16.2 Å². The number of rotatable bonds is 4. The molecule has 0 bridgehead atoms. The van der Waals surface area contributed by atoms with Crippen LogP contribution in [0.3, 0.4) is 0 Å². The van der Waals surface area contributed by atoms with E-state index in [0.29, 0.717) is 16.9 Å². The van der Waals surface area contributed by atoms with E-state index < -0.39 is 10.5 Å². The summed E-state index contributed by atoms with van der Waals surface area (Å²) in [5.41, 5.74) is 8.03. The SMILES string of the molecule is Nc1ccc(-n2cc(-c3cccc(OS(=O)(=O)F)c3)nn2)cc1. The summed E-state index contributed by atoms with van der Waals surface area (Å²) in [5.74, 6) is -0.146. The Balaban J connectivity index is 1.91. The Morgan fingerprint density at radius 1 is 1.13 bits per heavy atom. The van der Waals surface area contributed by atoms with Crippen molar-refractivity contribution in [2.75, 3.05) is 5.73 Å². The minimum atomic E-state index is -5.07. The smallest absolute Gasteiger partial charge is 0.399 e. The molecule has 0 fully saturated rings. The molecule has 0 saturated carbocycles. The topological polar surface area (TPSA) is 100 Å². The van der Waals surface area contributed by atoms with Gasteiger partial charge in [0, 0.05) is 11.3 Å². The molecule has 2 N–H and O–H groups in total. The summed E-state index contributed by atoms with van der Waals surface area (Å²) < 4.78 is 39.4. The van der Waals surface area contributed by atoms with Crippen LogP contribution in [0.2, 0.25) is 0 Å². The van der Waals surface area contributed by atoms with E-state index in [4.69, 9.17) is 5.73 Å². The van der Waals surface area contributed by atoms with Crippen LogP contribution in [0.15, 0.2) is 54.7 Å². The van der Waals surface area contributed by atoms with Gasteiger partial charge in [0.2, 0.25) is 0 Å². The lowest BCUT2D eigenvalue weighted by Gasteiger charge is -2.02. The largest absolute Gasteiger partial charge is 0.488 e. The molecule has 0 amide bonds. The molecule has 0 spiro atoms. The van der Waals surface area contributed by atoms with Crippen LogP contribution in [-0.2, 0) is 10.5 Å². The standard InChI is InChI=1S/C14H11FN4O3S/c15-23(20,21)22-13-3-1-2-10(8-13)14-9-19(18-17-14)12-6-4-11(16)5-7-12/h1-9H,16H2. The molecule has 1 aromatic heterocycles. The van der Waals surface area contributed by atoms with Crippen molar-refractivity contribution in [1.29, 1.82) is 0 Å². The van der Waals surface area contributed by atoms with E-state index in [9.17, 15) is 12.3 Å². The third kappa shape index (κ3) is 3.64. The van der Waals surface area contributed by atoms with Crippen molar-refractivity contribution < 1.29 is 16.5 Å². The second-order valence-corrected chi connectivity index (χ2v) is 5.60. The highest BCUT2D eigenvalue weighted by atomic mass is 32.3. The zero-order valence-electron chi connectivity index (χ0n) is 11.6. The van der Waals surface area contributed by atoms with Gasteiger partial charge in [-0.15, -0.1) is 5.10 Å². The third-order valence-corrected chi connectivity index (χ3v) is 3.37. The minimum Gasteiger partial charge on any atom is -0.399 e. The molecule has 23 heavy (non-hydrogen) atoms. The molecule has 2 aromatic carbocycles. The first kappa shape index (κ1) is 15.0. The molecule has 3 aromatic rings. The Morgan fingerprint density at radius 2 is 1.87 bits per heavy atom. The molecular weight excluding hydrogens is 323 g/mol. The van der Waals surface area contributed by atoms with Crippen LogP contribution in [0.4, 0.5) is 9.57 Å². The number of benzene rings is 2. The summed E-state index contributed by atoms with van der Waals surface area (Å²) in [4.78, 5) is 0. The molecule has 9 heteroatoms. The number of nitrogens with two attached hydrogens (primary N) is 1. The highest BCUT2D eigenvalue weighted by molar-refractivity contribution is 7.81. The average molecular weight is 334 g/mol. The highest BCUT2D eigenvalue weighted by Gasteiger charge is 2.11. The zero-order chi connectivity index (χ0) is 16.4. The minimum absolute atomic E-state index is 0.146. The van der Waals surface area contributed by atoms with Gasteiger partial charge < -0.3 is 9.92 Å². The molecule has 3 rings (SSSR count). The summed E-state index contributed by atoms with van der Waals surface area (Å²) in [7, 11) is -5.07. The van der Waals surface area contributed by atoms with E-state index in [1.165, 1.54) is 22.9 Å². The van der Waals surface area contributed by atoms with Gasteiger partial charge >= 0.3 is 10.5 Å². The number of nitrogen functional groups attached to an aromatic ring is 1. The third-order valence-electron chi connectivity index (χ3n) is 2.98. The van der Waals surface area contributed by atoms with Crippen LogP contribution in [0.1, 0.15) is 0 Å². The first-order chi connectivity index (χ1) is 10.9. The number of anilines is 1. The highest BCUT2D eigenvalue weighted by Crippen LogP contribution is 2.24. The van der Waals surface area contributed by atoms with Crippen LogP contribution in [0.5, 0.6) is 5.75 Å². The summed E-state index contributed by atoms with van der Waals surface area (Å²) in [5, 5.41) is 8.00. The molecule has 0 aliphatic carbocycles. The quantitative estimate of drug-likeness (QED) is 0.579. The molecule has 0 saturated heterocycles. The van der Waals surface area contributed by atoms with Crippen molar-refractivity contribution in [3.05, 3.63) is 54.7 Å². The molecule has 0 aliphatic heterocycles. The molecule has 118 valence electrons. The lowest BCUT2D eigenvalue weighted by Crippen LogP contribution is -2.00. The maximum atomic E-state index is 12.6. The maximum absolute atomic E-state index is 12.6. The van der Waals surface area contributed by atoms with Crippen LogP contribution in [-0.4, -0.2) is 23.4 Å². The Hall–Kier alpha value is -2.94. The second kappa shape index (κ2) is 5.69. The Bertz CT molecular complexity index is 939. The van der Waals surface area contributed by atoms with Gasteiger partial charge in [-0.25, -0.2) is 4.68 Å². The van der Waals surface area contributed by atoms with Crippen molar-refractivity contribution in [3.8, 4) is 22.7 Å². The summed E-state index contributed by atoms with van der Waals surface area (Å²) in [6.45, 7) is 0. The van der Waals surface area contributed by atoms with Gasteiger partial charge in [-0.2, -0.15) is 8.42 Å². The van der Waals surface area contributed by atoms with Gasteiger partial charge in [-0.3, -0.25) is 0 Å². The van der Waals surface area contributed by atoms with Crippen LogP contribution in [0.25, 0.3) is 16.9 Å². The summed E-state index contributed by atoms with van der Waals surface area (Å²) >= 11 is 0. The van der Waals surface area contributed by atoms with Gasteiger partial charge in [0.15, 0.2) is 0 Å². The molecule has 1 heterocycles. The number of hydrogen-bond acceptors (Lipinski definition) is 6. The molecule has 7 nitrogen and oxygen atoms in total. The first-order valence-corrected chi connectivity index (χ1v) is 7.74. The Morgan fingerprint density at radius 3 is 2.57 bits per heavy atom. The Labute approximate surface area is 131 Å². The van der Waals surface area contributed by atoms with E-state index in [2.05, 4.69) is 14.5 Å². The van der Waals surface area contributed by atoms with E-state index in [1.807, 2.05) is 0 Å². The van der Waals surface area contributed by atoms with Crippen molar-refractivity contribution in [2.45, 2.75) is 0 Å². The number of aromatic nitrogens is 3. The average Bonchev–Trinajstić information content (AvgIpc) is 2.96. The van der Waals surface area contributed by atoms with E-state index in [0.717, 1.165) is 5.69 Å². The second-order valence-electron chi connectivity index (χ2n) is 4.64. The molecule has 0 atom stereocenters. The van der Waals surface area contributed by atoms with Gasteiger partial charge in [-0.1, -0.05) is 21.2 Å². The van der Waals surface area contributed by atoms with Crippen LogP contribution in [0, 0.1) is 0 Å². The molecular formula is C14H11FN4O3S. The van der Waals surface area contributed by atoms with Crippen LogP contribution < -0.4 is 9.92 Å². The van der Waals surface area contributed by atoms with Gasteiger partial charge in [0.1, 0.15) is 11.4 Å². The van der Waals surface area contributed by atoms with Gasteiger partial charge in [-0.05, 0) is 36.4 Å². The molecule has 0 aliphatic rings. The van der Waals surface area contributed by atoms with E-state index in [1.54, 1.807) is 36.5 Å². The summed E-state index contributed by atoms with van der Waals surface area (Å²) in [6.07, 6.45) is 1.65. The fourth-order valence-corrected chi connectivity index (χ4v) is 2.31.